The van der Waals surface area contributed by atoms with Crippen molar-refractivity contribution in [3.05, 3.63) is 100 Å². The van der Waals surface area contributed by atoms with Gasteiger partial charge < -0.3 is 9.30 Å². The minimum atomic E-state index is -0.0607. The molecule has 3 aromatic rings. The number of hydrogen-bond acceptors (Lipinski definition) is 2. The molecule has 3 nitrogen and oxygen atoms in total. The lowest BCUT2D eigenvalue weighted by Crippen LogP contribution is -2.19. The van der Waals surface area contributed by atoms with Gasteiger partial charge in [0.2, 0.25) is 0 Å². The van der Waals surface area contributed by atoms with Crippen molar-refractivity contribution in [3.63, 3.8) is 0 Å². The van der Waals surface area contributed by atoms with E-state index in [0.29, 0.717) is 18.9 Å². The number of pyridine rings is 1. The molecule has 0 aliphatic rings. The van der Waals surface area contributed by atoms with E-state index in [9.17, 15) is 4.79 Å². The zero-order valence-electron chi connectivity index (χ0n) is 12.2. The van der Waals surface area contributed by atoms with Crippen LogP contribution in [0.25, 0.3) is 0 Å². The van der Waals surface area contributed by atoms with Gasteiger partial charge in [0.25, 0.3) is 5.56 Å². The van der Waals surface area contributed by atoms with Crippen LogP contribution in [0.5, 0.6) is 5.75 Å². The fourth-order valence-corrected chi connectivity index (χ4v) is 2.23. The van der Waals surface area contributed by atoms with Gasteiger partial charge in [-0.25, -0.2) is 0 Å². The topological polar surface area (TPSA) is 31.2 Å². The smallest absolute Gasteiger partial charge is 0.254 e. The van der Waals surface area contributed by atoms with E-state index in [1.165, 1.54) is 6.07 Å². The van der Waals surface area contributed by atoms with E-state index in [4.69, 9.17) is 4.74 Å². The van der Waals surface area contributed by atoms with Gasteiger partial charge in [-0.15, -0.1) is 0 Å². The highest BCUT2D eigenvalue weighted by Gasteiger charge is 2.01. The summed E-state index contributed by atoms with van der Waals surface area (Å²) in [5.74, 6) is 0.596. The van der Waals surface area contributed by atoms with E-state index >= 15 is 0 Å². The van der Waals surface area contributed by atoms with Crippen LogP contribution in [0.3, 0.4) is 0 Å². The Kier molecular flexibility index (Phi) is 4.35. The lowest BCUT2D eigenvalue weighted by Gasteiger charge is -2.09. The highest BCUT2D eigenvalue weighted by molar-refractivity contribution is 5.21. The lowest BCUT2D eigenvalue weighted by molar-refractivity contribution is 0.305. The third-order valence-corrected chi connectivity index (χ3v) is 3.41. The summed E-state index contributed by atoms with van der Waals surface area (Å²) in [7, 11) is 0. The van der Waals surface area contributed by atoms with Crippen LogP contribution in [0.1, 0.15) is 11.1 Å². The molecule has 1 aromatic heterocycles. The molecule has 110 valence electrons. The van der Waals surface area contributed by atoms with Crippen LogP contribution in [-0.4, -0.2) is 4.57 Å². The SMILES string of the molecule is O=c1cc(OCc2ccccc2)ccn1Cc1ccccc1. The zero-order chi connectivity index (χ0) is 15.2. The van der Waals surface area contributed by atoms with Crippen LogP contribution >= 0.6 is 0 Å². The molecule has 0 fully saturated rings. The van der Waals surface area contributed by atoms with Gasteiger partial charge in [0, 0.05) is 12.3 Å². The number of nitrogens with zero attached hydrogens (tertiary/aromatic N) is 1. The summed E-state index contributed by atoms with van der Waals surface area (Å²) in [4.78, 5) is 12.1. The standard InChI is InChI=1S/C19H17NO2/c21-19-13-18(22-15-17-9-5-2-6-10-17)11-12-20(19)14-16-7-3-1-4-8-16/h1-13H,14-15H2. The third kappa shape index (κ3) is 3.64. The molecular formula is C19H17NO2. The van der Waals surface area contributed by atoms with E-state index in [2.05, 4.69) is 0 Å². The average Bonchev–Trinajstić information content (AvgIpc) is 2.57. The van der Waals surface area contributed by atoms with Gasteiger partial charge in [-0.1, -0.05) is 60.7 Å². The Morgan fingerprint density at radius 2 is 1.45 bits per heavy atom. The maximum Gasteiger partial charge on any atom is 0.254 e. The summed E-state index contributed by atoms with van der Waals surface area (Å²) in [6.45, 7) is 1.03. The molecule has 3 rings (SSSR count). The quantitative estimate of drug-likeness (QED) is 0.720. The predicted octanol–water partition coefficient (Wildman–Crippen LogP) is 3.48. The summed E-state index contributed by atoms with van der Waals surface area (Å²) in [6, 6.07) is 23.2. The maximum absolute atomic E-state index is 12.1. The summed E-state index contributed by atoms with van der Waals surface area (Å²) in [5, 5.41) is 0. The molecule has 2 aromatic carbocycles. The zero-order valence-corrected chi connectivity index (χ0v) is 12.2. The monoisotopic (exact) mass is 291 g/mol. The maximum atomic E-state index is 12.1. The van der Waals surface area contributed by atoms with Crippen LogP contribution in [0.4, 0.5) is 0 Å². The van der Waals surface area contributed by atoms with Crippen LogP contribution in [0.2, 0.25) is 0 Å². The molecule has 1 heterocycles. The molecule has 0 saturated heterocycles. The Labute approximate surface area is 129 Å². The van der Waals surface area contributed by atoms with Crippen molar-refractivity contribution >= 4 is 0 Å². The van der Waals surface area contributed by atoms with Crippen molar-refractivity contribution in [2.24, 2.45) is 0 Å². The molecule has 0 spiro atoms. The number of aromatic nitrogens is 1. The molecule has 0 saturated carbocycles. The molecule has 0 bridgehead atoms. The fourth-order valence-electron chi connectivity index (χ4n) is 2.23. The van der Waals surface area contributed by atoms with Crippen molar-refractivity contribution in [3.8, 4) is 5.75 Å². The molecule has 0 unspecified atom stereocenters. The summed E-state index contributed by atoms with van der Waals surface area (Å²) in [5.41, 5.74) is 2.12. The van der Waals surface area contributed by atoms with Crippen molar-refractivity contribution in [2.45, 2.75) is 13.2 Å². The van der Waals surface area contributed by atoms with Gasteiger partial charge in [0.05, 0.1) is 6.54 Å². The second-order valence-corrected chi connectivity index (χ2v) is 5.09. The highest BCUT2D eigenvalue weighted by Crippen LogP contribution is 2.10. The van der Waals surface area contributed by atoms with Crippen LogP contribution < -0.4 is 10.3 Å². The fraction of sp³-hybridized carbons (Fsp3) is 0.105. The first-order chi connectivity index (χ1) is 10.8. The second-order valence-electron chi connectivity index (χ2n) is 5.09. The minimum absolute atomic E-state index is 0.0607. The normalized spacial score (nSPS) is 10.4. The Hall–Kier alpha value is -2.81. The minimum Gasteiger partial charge on any atom is -0.489 e. The Morgan fingerprint density at radius 1 is 0.818 bits per heavy atom. The van der Waals surface area contributed by atoms with Crippen molar-refractivity contribution in [2.75, 3.05) is 0 Å². The number of ether oxygens (including phenoxy) is 1. The molecule has 0 atom stereocenters. The number of hydrogen-bond donors (Lipinski definition) is 0. The molecule has 0 N–H and O–H groups in total. The largest absolute Gasteiger partial charge is 0.489 e. The third-order valence-electron chi connectivity index (χ3n) is 3.41. The van der Waals surface area contributed by atoms with Gasteiger partial charge in [-0.2, -0.15) is 0 Å². The predicted molar refractivity (Wildman–Crippen MR) is 87.0 cm³/mol. The first-order valence-corrected chi connectivity index (χ1v) is 7.22. The van der Waals surface area contributed by atoms with Crippen molar-refractivity contribution in [1.82, 2.24) is 4.57 Å². The van der Waals surface area contributed by atoms with Crippen LogP contribution in [-0.2, 0) is 13.2 Å². The molecular weight excluding hydrogens is 274 g/mol. The molecule has 0 amide bonds. The van der Waals surface area contributed by atoms with Gasteiger partial charge >= 0.3 is 0 Å². The van der Waals surface area contributed by atoms with Gasteiger partial charge in [-0.05, 0) is 17.2 Å². The van der Waals surface area contributed by atoms with Crippen LogP contribution in [0, 0.1) is 0 Å². The molecule has 0 radical (unpaired) electrons. The van der Waals surface area contributed by atoms with E-state index in [1.54, 1.807) is 10.8 Å². The summed E-state index contributed by atoms with van der Waals surface area (Å²) in [6.07, 6.45) is 1.77. The van der Waals surface area contributed by atoms with E-state index in [1.807, 2.05) is 66.7 Å². The van der Waals surface area contributed by atoms with Crippen molar-refractivity contribution in [1.29, 1.82) is 0 Å². The summed E-state index contributed by atoms with van der Waals surface area (Å²) >= 11 is 0. The molecule has 3 heteroatoms. The Balaban J connectivity index is 1.68. The van der Waals surface area contributed by atoms with Gasteiger partial charge in [0.15, 0.2) is 0 Å². The first-order valence-electron chi connectivity index (χ1n) is 7.22. The highest BCUT2D eigenvalue weighted by atomic mass is 16.5. The van der Waals surface area contributed by atoms with Gasteiger partial charge in [0.1, 0.15) is 12.4 Å². The van der Waals surface area contributed by atoms with E-state index < -0.39 is 0 Å². The summed E-state index contributed by atoms with van der Waals surface area (Å²) < 4.78 is 7.34. The van der Waals surface area contributed by atoms with Crippen LogP contribution in [0.15, 0.2) is 83.8 Å². The molecule has 22 heavy (non-hydrogen) atoms. The van der Waals surface area contributed by atoms with E-state index in [0.717, 1.165) is 11.1 Å². The molecule has 0 aliphatic heterocycles. The number of benzene rings is 2. The molecule has 0 aliphatic carbocycles. The second kappa shape index (κ2) is 6.76. The van der Waals surface area contributed by atoms with Crippen molar-refractivity contribution < 1.29 is 4.74 Å². The van der Waals surface area contributed by atoms with E-state index in [-0.39, 0.29) is 5.56 Å². The Morgan fingerprint density at radius 3 is 2.09 bits per heavy atom. The number of rotatable bonds is 5. The lowest BCUT2D eigenvalue weighted by atomic mass is 10.2. The Bertz CT molecular complexity index is 779. The first kappa shape index (κ1) is 14.1. The average molecular weight is 291 g/mol. The van der Waals surface area contributed by atoms with Gasteiger partial charge in [-0.3, -0.25) is 4.79 Å².